The van der Waals surface area contributed by atoms with Gasteiger partial charge in [0.15, 0.2) is 6.29 Å². The maximum Gasteiger partial charge on any atom is 0.306 e. The van der Waals surface area contributed by atoms with Crippen molar-refractivity contribution in [2.75, 3.05) is 26.4 Å². The minimum absolute atomic E-state index is 0.119. The first-order valence-electron chi connectivity index (χ1n) is 19.1. The van der Waals surface area contributed by atoms with Gasteiger partial charge >= 0.3 is 5.97 Å². The van der Waals surface area contributed by atoms with E-state index in [1.54, 1.807) is 0 Å². The predicted octanol–water partition coefficient (Wildman–Crippen LogP) is 7.24. The SMILES string of the molecule is CCCCC/C=C\C/C=C\C/C=C\CCCCCCCCC(=O)OC(COCCCCCCCC)COC1OC(CO)C(O)C(O)C1O. The van der Waals surface area contributed by atoms with Crippen molar-refractivity contribution < 1.29 is 44.2 Å². The molecule has 48 heavy (non-hydrogen) atoms. The summed E-state index contributed by atoms with van der Waals surface area (Å²) in [6, 6.07) is 0. The lowest BCUT2D eigenvalue weighted by Gasteiger charge is -2.39. The molecule has 6 unspecified atom stereocenters. The van der Waals surface area contributed by atoms with Crippen LogP contribution in [0, 0.1) is 0 Å². The van der Waals surface area contributed by atoms with E-state index in [-0.39, 0.29) is 19.2 Å². The monoisotopic (exact) mass is 683 g/mol. The first-order chi connectivity index (χ1) is 23.4. The average Bonchev–Trinajstić information content (AvgIpc) is 3.08. The van der Waals surface area contributed by atoms with Crippen LogP contribution < -0.4 is 0 Å². The third kappa shape index (κ3) is 22.9. The normalized spacial score (nSPS) is 22.3. The van der Waals surface area contributed by atoms with Crippen molar-refractivity contribution in [3.05, 3.63) is 36.5 Å². The van der Waals surface area contributed by atoms with E-state index in [1.807, 2.05) is 0 Å². The summed E-state index contributed by atoms with van der Waals surface area (Å²) in [5.74, 6) is -0.331. The molecule has 0 bridgehead atoms. The molecule has 0 radical (unpaired) electrons. The zero-order chi connectivity index (χ0) is 35.1. The van der Waals surface area contributed by atoms with Crippen LogP contribution in [0.15, 0.2) is 36.5 Å². The highest BCUT2D eigenvalue weighted by atomic mass is 16.7. The van der Waals surface area contributed by atoms with Gasteiger partial charge in [0, 0.05) is 13.0 Å². The standard InChI is InChI=1S/C39H70O9/c1-3-5-7-9-11-12-13-14-15-16-17-18-19-20-21-22-23-24-26-28-35(41)47-33(31-45-29-27-25-10-8-6-4-2)32-46-39-38(44)37(43)36(42)34(30-40)48-39/h11-12,14-15,17-18,33-34,36-40,42-44H,3-10,13,16,19-32H2,1-2H3/b12-11-,15-14-,18-17-. The molecular weight excluding hydrogens is 612 g/mol. The summed E-state index contributed by atoms with van der Waals surface area (Å²) in [6.07, 6.45) is 27.6. The van der Waals surface area contributed by atoms with E-state index >= 15 is 0 Å². The number of unbranched alkanes of at least 4 members (excludes halogenated alkanes) is 14. The fourth-order valence-electron chi connectivity index (χ4n) is 5.50. The molecule has 1 aliphatic heterocycles. The molecule has 9 nitrogen and oxygen atoms in total. The van der Waals surface area contributed by atoms with Gasteiger partial charge < -0.3 is 39.4 Å². The lowest BCUT2D eigenvalue weighted by Crippen LogP contribution is -2.59. The van der Waals surface area contributed by atoms with Crippen molar-refractivity contribution in [2.24, 2.45) is 0 Å². The highest BCUT2D eigenvalue weighted by Gasteiger charge is 2.44. The van der Waals surface area contributed by atoms with Crippen molar-refractivity contribution in [2.45, 2.75) is 179 Å². The summed E-state index contributed by atoms with van der Waals surface area (Å²) in [4.78, 5) is 12.6. The molecule has 0 spiro atoms. The van der Waals surface area contributed by atoms with Crippen molar-refractivity contribution in [1.82, 2.24) is 0 Å². The van der Waals surface area contributed by atoms with E-state index in [4.69, 9.17) is 18.9 Å². The number of esters is 1. The average molecular weight is 683 g/mol. The van der Waals surface area contributed by atoms with Gasteiger partial charge in [0.25, 0.3) is 0 Å². The zero-order valence-corrected chi connectivity index (χ0v) is 30.2. The number of rotatable bonds is 31. The van der Waals surface area contributed by atoms with E-state index in [0.717, 1.165) is 57.8 Å². The van der Waals surface area contributed by atoms with Crippen LogP contribution in [0.3, 0.4) is 0 Å². The fourth-order valence-corrected chi connectivity index (χ4v) is 5.50. The Kier molecular flexibility index (Phi) is 29.1. The summed E-state index contributed by atoms with van der Waals surface area (Å²) in [5, 5.41) is 39.8. The fraction of sp³-hybridized carbons (Fsp3) is 0.821. The number of carbonyl (C=O) groups is 1. The van der Waals surface area contributed by atoms with Gasteiger partial charge in [-0.2, -0.15) is 0 Å². The lowest BCUT2D eigenvalue weighted by molar-refractivity contribution is -0.305. The van der Waals surface area contributed by atoms with Crippen LogP contribution in [0.1, 0.15) is 142 Å². The molecule has 1 rings (SSSR count). The third-order valence-corrected chi connectivity index (χ3v) is 8.56. The Balaban J connectivity index is 2.26. The van der Waals surface area contributed by atoms with E-state index in [2.05, 4.69) is 50.3 Å². The van der Waals surface area contributed by atoms with E-state index in [9.17, 15) is 25.2 Å². The Morgan fingerprint density at radius 2 is 1.21 bits per heavy atom. The highest BCUT2D eigenvalue weighted by molar-refractivity contribution is 5.69. The quantitative estimate of drug-likeness (QED) is 0.0339. The molecule has 1 heterocycles. The smallest absolute Gasteiger partial charge is 0.306 e. The van der Waals surface area contributed by atoms with Crippen LogP contribution in [0.4, 0.5) is 0 Å². The van der Waals surface area contributed by atoms with Gasteiger partial charge in [-0.15, -0.1) is 0 Å². The Labute approximate surface area is 291 Å². The summed E-state index contributed by atoms with van der Waals surface area (Å²) < 4.78 is 22.5. The molecule has 280 valence electrons. The summed E-state index contributed by atoms with van der Waals surface area (Å²) in [6.45, 7) is 4.44. The van der Waals surface area contributed by atoms with Gasteiger partial charge in [-0.3, -0.25) is 4.79 Å². The highest BCUT2D eigenvalue weighted by Crippen LogP contribution is 2.22. The number of ether oxygens (including phenoxy) is 4. The van der Waals surface area contributed by atoms with Crippen LogP contribution >= 0.6 is 0 Å². The van der Waals surface area contributed by atoms with Gasteiger partial charge in [-0.25, -0.2) is 0 Å². The Morgan fingerprint density at radius 3 is 1.85 bits per heavy atom. The van der Waals surface area contributed by atoms with Crippen LogP contribution in [-0.4, -0.2) is 89.6 Å². The molecule has 0 aromatic heterocycles. The van der Waals surface area contributed by atoms with Crippen molar-refractivity contribution >= 4 is 5.97 Å². The summed E-state index contributed by atoms with van der Waals surface area (Å²) >= 11 is 0. The third-order valence-electron chi connectivity index (χ3n) is 8.56. The molecule has 1 fully saturated rings. The largest absolute Gasteiger partial charge is 0.457 e. The summed E-state index contributed by atoms with van der Waals surface area (Å²) in [5.41, 5.74) is 0. The molecule has 0 aliphatic carbocycles. The van der Waals surface area contributed by atoms with Gasteiger partial charge in [0.05, 0.1) is 19.8 Å². The number of carbonyl (C=O) groups excluding carboxylic acids is 1. The van der Waals surface area contributed by atoms with Gasteiger partial charge in [0.1, 0.15) is 30.5 Å². The van der Waals surface area contributed by atoms with Crippen LogP contribution in [0.5, 0.6) is 0 Å². The zero-order valence-electron chi connectivity index (χ0n) is 30.2. The second-order valence-electron chi connectivity index (χ2n) is 13.0. The minimum Gasteiger partial charge on any atom is -0.457 e. The predicted molar refractivity (Wildman–Crippen MR) is 192 cm³/mol. The van der Waals surface area contributed by atoms with Crippen LogP contribution in [-0.2, 0) is 23.7 Å². The molecule has 0 amide bonds. The van der Waals surface area contributed by atoms with E-state index in [1.165, 1.54) is 64.2 Å². The second kappa shape index (κ2) is 31.4. The minimum atomic E-state index is -1.54. The lowest BCUT2D eigenvalue weighted by atomic mass is 9.99. The molecule has 0 saturated carbocycles. The number of hydrogen-bond donors (Lipinski definition) is 4. The van der Waals surface area contributed by atoms with Crippen molar-refractivity contribution in [3.8, 4) is 0 Å². The molecular formula is C39H70O9. The van der Waals surface area contributed by atoms with E-state index < -0.39 is 43.4 Å². The Bertz CT molecular complexity index is 828. The first kappa shape index (κ1) is 44.4. The molecule has 9 heteroatoms. The van der Waals surface area contributed by atoms with E-state index in [0.29, 0.717) is 13.0 Å². The second-order valence-corrected chi connectivity index (χ2v) is 13.0. The Morgan fingerprint density at radius 1 is 0.667 bits per heavy atom. The molecule has 4 N–H and O–H groups in total. The number of hydrogen-bond acceptors (Lipinski definition) is 9. The number of aliphatic hydroxyl groups excluding tert-OH is 4. The molecule has 6 atom stereocenters. The van der Waals surface area contributed by atoms with Crippen LogP contribution in [0.25, 0.3) is 0 Å². The molecule has 0 aromatic carbocycles. The molecule has 1 aliphatic rings. The first-order valence-corrected chi connectivity index (χ1v) is 19.1. The maximum absolute atomic E-state index is 12.6. The van der Waals surface area contributed by atoms with Gasteiger partial charge in [0.2, 0.25) is 0 Å². The maximum atomic E-state index is 12.6. The van der Waals surface area contributed by atoms with Gasteiger partial charge in [-0.05, 0) is 51.4 Å². The number of allylic oxidation sites excluding steroid dienone is 6. The topological polar surface area (TPSA) is 135 Å². The Hall–Kier alpha value is -1.59. The van der Waals surface area contributed by atoms with Crippen LogP contribution in [0.2, 0.25) is 0 Å². The van der Waals surface area contributed by atoms with Gasteiger partial charge in [-0.1, -0.05) is 121 Å². The molecule has 1 saturated heterocycles. The molecule has 0 aromatic rings. The number of aliphatic hydroxyl groups is 4. The summed E-state index contributed by atoms with van der Waals surface area (Å²) in [7, 11) is 0. The van der Waals surface area contributed by atoms with Crippen molar-refractivity contribution in [1.29, 1.82) is 0 Å². The van der Waals surface area contributed by atoms with Crippen molar-refractivity contribution in [3.63, 3.8) is 0 Å².